The SMILES string of the molecule is CNCCCn1cc(S(=O)(=O)Nc2ccncc2F)cn1. The minimum absolute atomic E-state index is 0.0110. The molecular weight excluding hydrogens is 297 g/mol. The van der Waals surface area contributed by atoms with Gasteiger partial charge in [-0.05, 0) is 26.1 Å². The number of hydrogen-bond acceptors (Lipinski definition) is 5. The average Bonchev–Trinajstić information content (AvgIpc) is 2.91. The van der Waals surface area contributed by atoms with Crippen LogP contribution < -0.4 is 10.0 Å². The van der Waals surface area contributed by atoms with Crippen molar-refractivity contribution in [3.63, 3.8) is 0 Å². The lowest BCUT2D eigenvalue weighted by atomic mass is 10.4. The Bertz CT molecular complexity index is 701. The predicted molar refractivity (Wildman–Crippen MR) is 75.8 cm³/mol. The number of rotatable bonds is 7. The fourth-order valence-electron chi connectivity index (χ4n) is 1.69. The Morgan fingerprint density at radius 3 is 2.90 bits per heavy atom. The van der Waals surface area contributed by atoms with E-state index in [9.17, 15) is 12.8 Å². The van der Waals surface area contributed by atoms with Gasteiger partial charge in [0.2, 0.25) is 0 Å². The van der Waals surface area contributed by atoms with Crippen LogP contribution in [0.15, 0.2) is 35.7 Å². The minimum atomic E-state index is -3.86. The molecule has 9 heteroatoms. The second kappa shape index (κ2) is 6.64. The summed E-state index contributed by atoms with van der Waals surface area (Å²) in [7, 11) is -2.02. The number of aromatic nitrogens is 3. The average molecular weight is 313 g/mol. The standard InChI is InChI=1S/C12H16FN5O2S/c1-14-4-2-6-18-9-10(7-16-18)21(19,20)17-12-3-5-15-8-11(12)13/h3,5,7-9,14H,2,4,6H2,1H3,(H,15,17). The molecular formula is C12H16FN5O2S. The molecule has 0 aliphatic rings. The highest BCUT2D eigenvalue weighted by molar-refractivity contribution is 7.92. The molecule has 0 radical (unpaired) electrons. The van der Waals surface area contributed by atoms with Gasteiger partial charge in [-0.1, -0.05) is 0 Å². The molecule has 114 valence electrons. The molecule has 0 bridgehead atoms. The van der Waals surface area contributed by atoms with Crippen LogP contribution in [0.3, 0.4) is 0 Å². The zero-order valence-corrected chi connectivity index (χ0v) is 12.3. The number of nitrogens with zero attached hydrogens (tertiary/aromatic N) is 3. The van der Waals surface area contributed by atoms with E-state index in [0.717, 1.165) is 19.2 Å². The summed E-state index contributed by atoms with van der Waals surface area (Å²) in [5, 5.41) is 6.98. The monoisotopic (exact) mass is 313 g/mol. The van der Waals surface area contributed by atoms with Crippen LogP contribution in [-0.2, 0) is 16.6 Å². The van der Waals surface area contributed by atoms with Crippen LogP contribution in [0.5, 0.6) is 0 Å². The quantitative estimate of drug-likeness (QED) is 0.739. The van der Waals surface area contributed by atoms with Gasteiger partial charge in [-0.25, -0.2) is 12.8 Å². The highest BCUT2D eigenvalue weighted by Crippen LogP contribution is 2.17. The first-order chi connectivity index (χ1) is 10.0. The highest BCUT2D eigenvalue weighted by Gasteiger charge is 2.18. The molecule has 2 heterocycles. The Hall–Kier alpha value is -2.00. The Morgan fingerprint density at radius 2 is 2.19 bits per heavy atom. The third kappa shape index (κ3) is 3.99. The smallest absolute Gasteiger partial charge is 0.265 e. The summed E-state index contributed by atoms with van der Waals surface area (Å²) in [5.74, 6) is -0.734. The molecule has 0 aliphatic heterocycles. The number of pyridine rings is 1. The van der Waals surface area contributed by atoms with E-state index in [4.69, 9.17) is 0 Å². The fraction of sp³-hybridized carbons (Fsp3) is 0.333. The zero-order chi connectivity index (χ0) is 15.3. The van der Waals surface area contributed by atoms with Crippen molar-refractivity contribution < 1.29 is 12.8 Å². The zero-order valence-electron chi connectivity index (χ0n) is 11.5. The summed E-state index contributed by atoms with van der Waals surface area (Å²) in [4.78, 5) is 3.55. The van der Waals surface area contributed by atoms with Crippen molar-refractivity contribution in [2.45, 2.75) is 17.9 Å². The van der Waals surface area contributed by atoms with Gasteiger partial charge in [0.1, 0.15) is 4.90 Å². The maximum absolute atomic E-state index is 13.4. The van der Waals surface area contributed by atoms with Crippen LogP contribution in [0, 0.1) is 5.82 Å². The second-order valence-electron chi connectivity index (χ2n) is 4.36. The summed E-state index contributed by atoms with van der Waals surface area (Å²) in [5.41, 5.74) is -0.145. The molecule has 7 nitrogen and oxygen atoms in total. The van der Waals surface area contributed by atoms with Gasteiger partial charge in [-0.3, -0.25) is 14.4 Å². The molecule has 0 saturated carbocycles. The maximum atomic E-state index is 13.4. The lowest BCUT2D eigenvalue weighted by Crippen LogP contribution is -2.14. The Balaban J connectivity index is 2.11. The number of aryl methyl sites for hydroxylation is 1. The van der Waals surface area contributed by atoms with E-state index < -0.39 is 15.8 Å². The van der Waals surface area contributed by atoms with Crippen molar-refractivity contribution in [1.29, 1.82) is 0 Å². The molecule has 2 rings (SSSR count). The largest absolute Gasteiger partial charge is 0.320 e. The van der Waals surface area contributed by atoms with Crippen LogP contribution in [0.1, 0.15) is 6.42 Å². The number of nitrogens with one attached hydrogen (secondary N) is 2. The van der Waals surface area contributed by atoms with Crippen LogP contribution in [0.4, 0.5) is 10.1 Å². The first-order valence-electron chi connectivity index (χ1n) is 6.32. The number of hydrogen-bond donors (Lipinski definition) is 2. The highest BCUT2D eigenvalue weighted by atomic mass is 32.2. The van der Waals surface area contributed by atoms with E-state index >= 15 is 0 Å². The topological polar surface area (TPSA) is 88.9 Å². The van der Waals surface area contributed by atoms with E-state index in [0.29, 0.717) is 6.54 Å². The van der Waals surface area contributed by atoms with Gasteiger partial charge in [0, 0.05) is 18.9 Å². The lowest BCUT2D eigenvalue weighted by Gasteiger charge is -2.06. The summed E-state index contributed by atoms with van der Waals surface area (Å²) >= 11 is 0. The van der Waals surface area contributed by atoms with Gasteiger partial charge in [0.15, 0.2) is 5.82 Å². The van der Waals surface area contributed by atoms with Crippen molar-refractivity contribution in [3.05, 3.63) is 36.7 Å². The van der Waals surface area contributed by atoms with Crippen molar-refractivity contribution >= 4 is 15.7 Å². The summed E-state index contributed by atoms with van der Waals surface area (Å²) in [6, 6.07) is 1.25. The van der Waals surface area contributed by atoms with E-state index in [1.54, 1.807) is 0 Å². The molecule has 2 aromatic rings. The maximum Gasteiger partial charge on any atom is 0.265 e. The van der Waals surface area contributed by atoms with Gasteiger partial charge in [0.05, 0.1) is 18.1 Å². The van der Waals surface area contributed by atoms with Crippen LogP contribution >= 0.6 is 0 Å². The Kier molecular flexibility index (Phi) is 4.86. The Morgan fingerprint density at radius 1 is 1.38 bits per heavy atom. The molecule has 0 amide bonds. The molecule has 21 heavy (non-hydrogen) atoms. The third-order valence-corrected chi connectivity index (χ3v) is 4.07. The molecule has 0 aliphatic carbocycles. The molecule has 0 saturated heterocycles. The normalized spacial score (nSPS) is 11.5. The van der Waals surface area contributed by atoms with E-state index in [1.807, 2.05) is 7.05 Å². The van der Waals surface area contributed by atoms with Gasteiger partial charge >= 0.3 is 0 Å². The first-order valence-corrected chi connectivity index (χ1v) is 7.80. The molecule has 0 aromatic carbocycles. The van der Waals surface area contributed by atoms with E-state index in [1.165, 1.54) is 29.3 Å². The molecule has 0 unspecified atom stereocenters. The summed E-state index contributed by atoms with van der Waals surface area (Å²) in [6.45, 7) is 1.41. The summed E-state index contributed by atoms with van der Waals surface area (Å²) in [6.07, 6.45) is 5.73. The summed E-state index contributed by atoms with van der Waals surface area (Å²) < 4.78 is 41.4. The van der Waals surface area contributed by atoms with Crippen LogP contribution in [0.2, 0.25) is 0 Å². The lowest BCUT2D eigenvalue weighted by molar-refractivity contribution is 0.561. The van der Waals surface area contributed by atoms with Crippen LogP contribution in [-0.4, -0.2) is 36.8 Å². The van der Waals surface area contributed by atoms with Gasteiger partial charge in [-0.15, -0.1) is 0 Å². The third-order valence-electron chi connectivity index (χ3n) is 2.75. The van der Waals surface area contributed by atoms with Crippen molar-refractivity contribution in [2.75, 3.05) is 18.3 Å². The molecule has 0 atom stereocenters. The fourth-order valence-corrected chi connectivity index (χ4v) is 2.70. The van der Waals surface area contributed by atoms with Crippen molar-refractivity contribution in [2.24, 2.45) is 0 Å². The number of halogens is 1. The van der Waals surface area contributed by atoms with Crippen molar-refractivity contribution in [1.82, 2.24) is 20.1 Å². The molecule has 2 aromatic heterocycles. The van der Waals surface area contributed by atoms with Gasteiger partial charge in [-0.2, -0.15) is 5.10 Å². The second-order valence-corrected chi connectivity index (χ2v) is 6.04. The molecule has 0 spiro atoms. The Labute approximate surface area is 122 Å². The molecule has 2 N–H and O–H groups in total. The molecule has 0 fully saturated rings. The van der Waals surface area contributed by atoms with Gasteiger partial charge < -0.3 is 5.32 Å². The van der Waals surface area contributed by atoms with E-state index in [-0.39, 0.29) is 10.6 Å². The van der Waals surface area contributed by atoms with Gasteiger partial charge in [0.25, 0.3) is 10.0 Å². The van der Waals surface area contributed by atoms with Crippen LogP contribution in [0.25, 0.3) is 0 Å². The first kappa shape index (κ1) is 15.4. The van der Waals surface area contributed by atoms with E-state index in [2.05, 4.69) is 20.1 Å². The van der Waals surface area contributed by atoms with Crippen molar-refractivity contribution in [3.8, 4) is 0 Å². The predicted octanol–water partition coefficient (Wildman–Crippen LogP) is 0.827. The minimum Gasteiger partial charge on any atom is -0.320 e. The number of anilines is 1. The number of sulfonamides is 1.